The summed E-state index contributed by atoms with van der Waals surface area (Å²) in [7, 11) is 0. The van der Waals surface area contributed by atoms with Crippen LogP contribution in [0.2, 0.25) is 0 Å². The van der Waals surface area contributed by atoms with Crippen molar-refractivity contribution >= 4 is 17.4 Å². The molecule has 1 aromatic carbocycles. The Labute approximate surface area is 159 Å². The molecule has 0 aliphatic carbocycles. The lowest BCUT2D eigenvalue weighted by molar-refractivity contribution is 0.102. The van der Waals surface area contributed by atoms with Gasteiger partial charge in [-0.3, -0.25) is 9.78 Å². The third kappa shape index (κ3) is 4.91. The number of hydrogen-bond acceptors (Lipinski definition) is 4. The monoisotopic (exact) mass is 360 g/mol. The van der Waals surface area contributed by atoms with Crippen LogP contribution in [0.5, 0.6) is 0 Å². The molecule has 5 heteroatoms. The first kappa shape index (κ1) is 18.6. The van der Waals surface area contributed by atoms with E-state index in [9.17, 15) is 4.79 Å². The van der Waals surface area contributed by atoms with E-state index in [-0.39, 0.29) is 5.91 Å². The van der Waals surface area contributed by atoms with Crippen LogP contribution in [0.25, 0.3) is 11.3 Å². The Bertz CT molecular complexity index is 905. The first-order chi connectivity index (χ1) is 13.0. The Morgan fingerprint density at radius 3 is 2.59 bits per heavy atom. The van der Waals surface area contributed by atoms with Crippen molar-refractivity contribution in [2.24, 2.45) is 5.92 Å². The van der Waals surface area contributed by atoms with Crippen molar-refractivity contribution in [3.63, 3.8) is 0 Å². The number of aromatic nitrogens is 2. The summed E-state index contributed by atoms with van der Waals surface area (Å²) in [5, 5.41) is 6.18. The number of nitrogens with zero attached hydrogens (tertiary/aromatic N) is 2. The largest absolute Gasteiger partial charge is 0.370 e. The highest BCUT2D eigenvalue weighted by Gasteiger charge is 2.10. The number of carbonyl (C=O) groups excluding carboxylic acids is 1. The molecule has 3 aromatic rings. The molecule has 0 radical (unpaired) electrons. The number of anilines is 2. The molecule has 1 amide bonds. The molecule has 0 atom stereocenters. The fourth-order valence-electron chi connectivity index (χ4n) is 2.64. The number of amides is 1. The lowest BCUT2D eigenvalue weighted by Gasteiger charge is -2.11. The number of pyridine rings is 2. The molecule has 0 saturated heterocycles. The summed E-state index contributed by atoms with van der Waals surface area (Å²) >= 11 is 0. The summed E-state index contributed by atoms with van der Waals surface area (Å²) in [6, 6.07) is 15.2. The highest BCUT2D eigenvalue weighted by Crippen LogP contribution is 2.25. The van der Waals surface area contributed by atoms with Gasteiger partial charge in [-0.05, 0) is 54.8 Å². The van der Waals surface area contributed by atoms with Crippen LogP contribution < -0.4 is 10.6 Å². The number of nitrogens with one attached hydrogen (secondary N) is 2. The van der Waals surface area contributed by atoms with E-state index in [2.05, 4.69) is 34.4 Å². The van der Waals surface area contributed by atoms with Gasteiger partial charge in [-0.15, -0.1) is 0 Å². The van der Waals surface area contributed by atoms with Crippen molar-refractivity contribution in [2.75, 3.05) is 17.2 Å². The summed E-state index contributed by atoms with van der Waals surface area (Å²) < 4.78 is 0. The second-order valence-electron chi connectivity index (χ2n) is 6.91. The van der Waals surface area contributed by atoms with Crippen LogP contribution in [-0.4, -0.2) is 22.4 Å². The molecule has 0 spiro atoms. The summed E-state index contributed by atoms with van der Waals surface area (Å²) in [6.45, 7) is 7.14. The van der Waals surface area contributed by atoms with Crippen molar-refractivity contribution in [1.29, 1.82) is 0 Å². The molecule has 3 rings (SSSR count). The van der Waals surface area contributed by atoms with Gasteiger partial charge in [0.05, 0.1) is 11.3 Å². The summed E-state index contributed by atoms with van der Waals surface area (Å²) in [4.78, 5) is 21.2. The minimum Gasteiger partial charge on any atom is -0.370 e. The van der Waals surface area contributed by atoms with Crippen LogP contribution in [0, 0.1) is 12.8 Å². The molecule has 0 unspecified atom stereocenters. The Morgan fingerprint density at radius 1 is 1.07 bits per heavy atom. The van der Waals surface area contributed by atoms with Gasteiger partial charge in [0.25, 0.3) is 5.91 Å². The van der Waals surface area contributed by atoms with Crippen LogP contribution in [0.3, 0.4) is 0 Å². The first-order valence-corrected chi connectivity index (χ1v) is 9.06. The maximum atomic E-state index is 12.5. The molecule has 0 aliphatic rings. The number of benzene rings is 1. The molecule has 0 aliphatic heterocycles. The normalized spacial score (nSPS) is 10.7. The average Bonchev–Trinajstić information content (AvgIpc) is 2.69. The third-order valence-electron chi connectivity index (χ3n) is 4.15. The van der Waals surface area contributed by atoms with Gasteiger partial charge in [0.1, 0.15) is 5.82 Å². The van der Waals surface area contributed by atoms with Gasteiger partial charge in [-0.2, -0.15) is 0 Å². The topological polar surface area (TPSA) is 66.9 Å². The van der Waals surface area contributed by atoms with E-state index >= 15 is 0 Å². The van der Waals surface area contributed by atoms with Crippen molar-refractivity contribution in [3.8, 4) is 11.3 Å². The van der Waals surface area contributed by atoms with Gasteiger partial charge in [0, 0.05) is 30.2 Å². The van der Waals surface area contributed by atoms with Crippen molar-refractivity contribution in [1.82, 2.24) is 9.97 Å². The fourth-order valence-corrected chi connectivity index (χ4v) is 2.64. The third-order valence-corrected chi connectivity index (χ3v) is 4.15. The van der Waals surface area contributed by atoms with E-state index in [0.29, 0.717) is 11.5 Å². The van der Waals surface area contributed by atoms with Gasteiger partial charge in [-0.1, -0.05) is 26.0 Å². The van der Waals surface area contributed by atoms with E-state index in [0.717, 1.165) is 34.9 Å². The predicted molar refractivity (Wildman–Crippen MR) is 110 cm³/mol. The van der Waals surface area contributed by atoms with Gasteiger partial charge < -0.3 is 10.6 Å². The van der Waals surface area contributed by atoms with Crippen LogP contribution in [0.1, 0.15) is 29.8 Å². The first-order valence-electron chi connectivity index (χ1n) is 9.06. The number of aryl methyl sites for hydroxylation is 1. The molecule has 27 heavy (non-hydrogen) atoms. The molecular formula is C22H24N4O. The molecule has 0 fully saturated rings. The van der Waals surface area contributed by atoms with Crippen molar-refractivity contribution < 1.29 is 4.79 Å². The highest BCUT2D eigenvalue weighted by atomic mass is 16.1. The van der Waals surface area contributed by atoms with E-state index in [1.165, 1.54) is 0 Å². The second kappa shape index (κ2) is 8.45. The van der Waals surface area contributed by atoms with Crippen LogP contribution >= 0.6 is 0 Å². The van der Waals surface area contributed by atoms with E-state index in [4.69, 9.17) is 0 Å². The maximum Gasteiger partial charge on any atom is 0.257 e. The zero-order chi connectivity index (χ0) is 19.2. The highest BCUT2D eigenvalue weighted by molar-refractivity contribution is 6.04. The summed E-state index contributed by atoms with van der Waals surface area (Å²) in [5.74, 6) is 1.12. The summed E-state index contributed by atoms with van der Waals surface area (Å²) in [6.07, 6.45) is 3.35. The Morgan fingerprint density at radius 2 is 1.93 bits per heavy atom. The predicted octanol–water partition coefficient (Wildman–Crippen LogP) is 4.77. The molecule has 138 valence electrons. The fraction of sp³-hybridized carbons (Fsp3) is 0.227. The molecule has 2 aromatic heterocycles. The number of rotatable bonds is 6. The van der Waals surface area contributed by atoms with Gasteiger partial charge in [-0.25, -0.2) is 4.98 Å². The van der Waals surface area contributed by atoms with E-state index in [1.54, 1.807) is 18.5 Å². The zero-order valence-electron chi connectivity index (χ0n) is 15.9. The number of carbonyl (C=O) groups is 1. The summed E-state index contributed by atoms with van der Waals surface area (Å²) in [5.41, 5.74) is 4.24. The van der Waals surface area contributed by atoms with Crippen LogP contribution in [0.4, 0.5) is 11.5 Å². The molecule has 5 nitrogen and oxygen atoms in total. The van der Waals surface area contributed by atoms with E-state index < -0.39 is 0 Å². The zero-order valence-corrected chi connectivity index (χ0v) is 15.9. The lowest BCUT2D eigenvalue weighted by Crippen LogP contribution is -2.13. The van der Waals surface area contributed by atoms with Gasteiger partial charge in [0.2, 0.25) is 0 Å². The molecule has 0 bridgehead atoms. The van der Waals surface area contributed by atoms with Crippen molar-refractivity contribution in [2.45, 2.75) is 20.8 Å². The maximum absolute atomic E-state index is 12.5. The van der Waals surface area contributed by atoms with Crippen LogP contribution in [0.15, 0.2) is 60.9 Å². The second-order valence-corrected chi connectivity index (χ2v) is 6.91. The van der Waals surface area contributed by atoms with Gasteiger partial charge in [0.15, 0.2) is 0 Å². The number of hydrogen-bond donors (Lipinski definition) is 2. The Balaban J connectivity index is 1.72. The average molecular weight is 360 g/mol. The van der Waals surface area contributed by atoms with E-state index in [1.807, 2.05) is 49.4 Å². The quantitative estimate of drug-likeness (QED) is 0.664. The smallest absolute Gasteiger partial charge is 0.257 e. The van der Waals surface area contributed by atoms with Gasteiger partial charge >= 0.3 is 0 Å². The Kier molecular flexibility index (Phi) is 5.81. The molecular weight excluding hydrogens is 336 g/mol. The minimum atomic E-state index is -0.186. The standard InChI is InChI=1S/C22H24N4O/c1-15(2)13-24-21-10-8-17(14-25-21)22(27)26-18-9-7-16(3)19(12-18)20-6-4-5-11-23-20/h4-12,14-15H,13H2,1-3H3,(H,24,25)(H,26,27). The molecule has 2 heterocycles. The van der Waals surface area contributed by atoms with Crippen molar-refractivity contribution in [3.05, 3.63) is 72.1 Å². The SMILES string of the molecule is Cc1ccc(NC(=O)c2ccc(NCC(C)C)nc2)cc1-c1ccccn1. The lowest BCUT2D eigenvalue weighted by atomic mass is 10.0. The Hall–Kier alpha value is -3.21. The molecule has 0 saturated carbocycles. The van der Waals surface area contributed by atoms with Crippen LogP contribution in [-0.2, 0) is 0 Å². The minimum absolute atomic E-state index is 0.186. The molecule has 2 N–H and O–H groups in total.